The van der Waals surface area contributed by atoms with Gasteiger partial charge in [0.25, 0.3) is 0 Å². The van der Waals surface area contributed by atoms with Gasteiger partial charge in [0, 0.05) is 5.41 Å². The first-order chi connectivity index (χ1) is 3.81. The van der Waals surface area contributed by atoms with E-state index >= 15 is 0 Å². The smallest absolute Gasteiger partial charge is 0.00642 e. The molecule has 0 bridgehead atoms. The van der Waals surface area contributed by atoms with Gasteiger partial charge in [-0.2, -0.15) is 0 Å². The van der Waals surface area contributed by atoms with E-state index in [0.717, 1.165) is 5.92 Å². The average molecular weight is 108 g/mol. The third-order valence-corrected chi connectivity index (χ3v) is 2.47. The summed E-state index contributed by atoms with van der Waals surface area (Å²) in [6.07, 6.45) is 9.07. The molecule has 1 fully saturated rings. The molecule has 44 valence electrons. The molecule has 0 radical (unpaired) electrons. The van der Waals surface area contributed by atoms with Crippen molar-refractivity contribution < 1.29 is 0 Å². The van der Waals surface area contributed by atoms with Gasteiger partial charge in [0.2, 0.25) is 0 Å². The van der Waals surface area contributed by atoms with Crippen LogP contribution in [0.1, 0.15) is 26.2 Å². The minimum atomic E-state index is 0.666. The van der Waals surface area contributed by atoms with Crippen LogP contribution in [0.4, 0.5) is 0 Å². The molecule has 1 spiro atoms. The molecule has 0 aliphatic heterocycles. The van der Waals surface area contributed by atoms with Crippen molar-refractivity contribution in [3.05, 3.63) is 12.2 Å². The van der Waals surface area contributed by atoms with Crippen LogP contribution in [0.5, 0.6) is 0 Å². The fourth-order valence-corrected chi connectivity index (χ4v) is 1.79. The van der Waals surface area contributed by atoms with Crippen molar-refractivity contribution in [2.24, 2.45) is 11.3 Å². The largest absolute Gasteiger partial charge is 0.0777 e. The van der Waals surface area contributed by atoms with Crippen LogP contribution in [0.25, 0.3) is 0 Å². The Bertz CT molecular complexity index is 127. The zero-order chi connectivity index (χ0) is 5.61. The Morgan fingerprint density at radius 2 is 2.25 bits per heavy atom. The van der Waals surface area contributed by atoms with E-state index in [1.54, 1.807) is 0 Å². The zero-order valence-electron chi connectivity index (χ0n) is 5.35. The van der Waals surface area contributed by atoms with Crippen LogP contribution >= 0.6 is 0 Å². The van der Waals surface area contributed by atoms with Crippen LogP contribution in [0.2, 0.25) is 0 Å². The van der Waals surface area contributed by atoms with E-state index in [4.69, 9.17) is 0 Å². The van der Waals surface area contributed by atoms with Crippen LogP contribution in [-0.4, -0.2) is 0 Å². The summed E-state index contributed by atoms with van der Waals surface area (Å²) in [5.41, 5.74) is 0.666. The molecule has 0 aromatic carbocycles. The highest BCUT2D eigenvalue weighted by Gasteiger charge is 2.39. The molecule has 0 aromatic rings. The van der Waals surface area contributed by atoms with Crippen LogP contribution in [0, 0.1) is 11.3 Å². The topological polar surface area (TPSA) is 0 Å². The van der Waals surface area contributed by atoms with Crippen molar-refractivity contribution in [2.45, 2.75) is 26.2 Å². The molecule has 0 aromatic heterocycles. The summed E-state index contributed by atoms with van der Waals surface area (Å²) in [6, 6.07) is 0. The number of hydrogen-bond acceptors (Lipinski definition) is 0. The molecule has 1 atom stereocenters. The molecular formula is C8H12. The lowest BCUT2D eigenvalue weighted by Crippen LogP contribution is -1.93. The Morgan fingerprint density at radius 1 is 1.50 bits per heavy atom. The summed E-state index contributed by atoms with van der Waals surface area (Å²) < 4.78 is 0. The molecule has 8 heavy (non-hydrogen) atoms. The predicted molar refractivity (Wildman–Crippen MR) is 34.6 cm³/mol. The number of hydrogen-bond donors (Lipinski definition) is 0. The fraction of sp³-hybridized carbons (Fsp3) is 0.750. The van der Waals surface area contributed by atoms with Gasteiger partial charge in [-0.1, -0.05) is 19.1 Å². The van der Waals surface area contributed by atoms with Crippen molar-refractivity contribution in [3.8, 4) is 0 Å². The summed E-state index contributed by atoms with van der Waals surface area (Å²) in [7, 11) is 0. The second-order valence-corrected chi connectivity index (χ2v) is 3.41. The maximum Gasteiger partial charge on any atom is 0.00642 e. The molecule has 0 N–H and O–H groups in total. The number of allylic oxidation sites excluding steroid dienone is 2. The van der Waals surface area contributed by atoms with Crippen molar-refractivity contribution in [1.82, 2.24) is 0 Å². The van der Waals surface area contributed by atoms with Crippen molar-refractivity contribution in [1.29, 1.82) is 0 Å². The molecule has 0 heterocycles. The average Bonchev–Trinajstić information content (AvgIpc) is 2.34. The van der Waals surface area contributed by atoms with Gasteiger partial charge in [-0.05, 0) is 25.2 Å². The lowest BCUT2D eigenvalue weighted by Gasteiger charge is -2.02. The van der Waals surface area contributed by atoms with E-state index in [2.05, 4.69) is 19.1 Å². The summed E-state index contributed by atoms with van der Waals surface area (Å²) in [4.78, 5) is 0. The van der Waals surface area contributed by atoms with Gasteiger partial charge in [-0.3, -0.25) is 0 Å². The predicted octanol–water partition coefficient (Wildman–Crippen LogP) is 2.36. The van der Waals surface area contributed by atoms with Crippen LogP contribution in [0.3, 0.4) is 0 Å². The lowest BCUT2D eigenvalue weighted by atomic mass is 10.0. The quantitative estimate of drug-likeness (QED) is 0.418. The van der Waals surface area contributed by atoms with Crippen LogP contribution < -0.4 is 0 Å². The first kappa shape index (κ1) is 4.60. The Labute approximate surface area is 50.6 Å². The van der Waals surface area contributed by atoms with Gasteiger partial charge >= 0.3 is 0 Å². The zero-order valence-corrected chi connectivity index (χ0v) is 5.35. The highest BCUT2D eigenvalue weighted by Crippen LogP contribution is 2.51. The van der Waals surface area contributed by atoms with Crippen molar-refractivity contribution in [2.75, 3.05) is 0 Å². The summed E-state index contributed by atoms with van der Waals surface area (Å²) in [5.74, 6) is 0.991. The molecule has 2 aliphatic carbocycles. The molecule has 1 saturated carbocycles. The minimum absolute atomic E-state index is 0.666. The molecule has 1 unspecified atom stereocenters. The van der Waals surface area contributed by atoms with E-state index in [1.165, 1.54) is 19.3 Å². The molecule has 0 saturated heterocycles. The third-order valence-electron chi connectivity index (χ3n) is 2.47. The Morgan fingerprint density at radius 3 is 2.50 bits per heavy atom. The summed E-state index contributed by atoms with van der Waals surface area (Å²) in [6.45, 7) is 2.36. The third kappa shape index (κ3) is 0.521. The van der Waals surface area contributed by atoms with E-state index in [0.29, 0.717) is 5.41 Å². The summed E-state index contributed by atoms with van der Waals surface area (Å²) in [5, 5.41) is 0. The normalized spacial score (nSPS) is 38.9. The Hall–Kier alpha value is -0.260. The molecule has 0 heteroatoms. The van der Waals surface area contributed by atoms with Gasteiger partial charge in [-0.25, -0.2) is 0 Å². The highest BCUT2D eigenvalue weighted by molar-refractivity contribution is 5.27. The van der Waals surface area contributed by atoms with Gasteiger partial charge in [-0.15, -0.1) is 0 Å². The summed E-state index contributed by atoms with van der Waals surface area (Å²) >= 11 is 0. The van der Waals surface area contributed by atoms with E-state index in [-0.39, 0.29) is 0 Å². The maximum absolute atomic E-state index is 2.37. The van der Waals surface area contributed by atoms with Crippen LogP contribution in [0.15, 0.2) is 12.2 Å². The molecule has 2 rings (SSSR count). The first-order valence-electron chi connectivity index (χ1n) is 3.51. The van der Waals surface area contributed by atoms with Crippen molar-refractivity contribution >= 4 is 0 Å². The van der Waals surface area contributed by atoms with E-state index in [9.17, 15) is 0 Å². The van der Waals surface area contributed by atoms with Gasteiger partial charge in [0.1, 0.15) is 0 Å². The monoisotopic (exact) mass is 108 g/mol. The SMILES string of the molecule is CC1CCC2(C=C2)C1. The Kier molecular flexibility index (Phi) is 0.677. The Balaban J connectivity index is 2.04. The molecule has 2 aliphatic rings. The van der Waals surface area contributed by atoms with E-state index < -0.39 is 0 Å². The second kappa shape index (κ2) is 1.18. The fourth-order valence-electron chi connectivity index (χ4n) is 1.79. The first-order valence-corrected chi connectivity index (χ1v) is 3.51. The molecular weight excluding hydrogens is 96.1 g/mol. The van der Waals surface area contributed by atoms with E-state index in [1.807, 2.05) is 0 Å². The molecule has 0 nitrogen and oxygen atoms in total. The number of rotatable bonds is 0. The molecule has 0 amide bonds. The lowest BCUT2D eigenvalue weighted by molar-refractivity contribution is 0.546. The van der Waals surface area contributed by atoms with Gasteiger partial charge < -0.3 is 0 Å². The maximum atomic E-state index is 2.37. The van der Waals surface area contributed by atoms with Crippen LogP contribution in [-0.2, 0) is 0 Å². The van der Waals surface area contributed by atoms with Crippen molar-refractivity contribution in [3.63, 3.8) is 0 Å². The van der Waals surface area contributed by atoms with Gasteiger partial charge in [0.05, 0.1) is 0 Å². The van der Waals surface area contributed by atoms with Gasteiger partial charge in [0.15, 0.2) is 0 Å². The minimum Gasteiger partial charge on any atom is -0.0777 e. The highest BCUT2D eigenvalue weighted by atomic mass is 14.4. The second-order valence-electron chi connectivity index (χ2n) is 3.41. The standard InChI is InChI=1S/C8H12/c1-7-2-3-8(6-7)4-5-8/h4-5,7H,2-3,6H2,1H3.